The smallest absolute Gasteiger partial charge is 0.330 e. The van der Waals surface area contributed by atoms with Crippen LogP contribution in [0.5, 0.6) is 5.75 Å². The lowest BCUT2D eigenvalue weighted by molar-refractivity contribution is -0.132. The Morgan fingerprint density at radius 1 is 1.14 bits per heavy atom. The highest BCUT2D eigenvalue weighted by Crippen LogP contribution is 2.22. The average molecular weight is 319 g/mol. The van der Waals surface area contributed by atoms with E-state index in [0.717, 1.165) is 11.9 Å². The van der Waals surface area contributed by atoms with E-state index in [1.54, 1.807) is 6.92 Å². The molecule has 116 valence electrons. The van der Waals surface area contributed by atoms with Crippen molar-refractivity contribution in [2.75, 3.05) is 18.1 Å². The van der Waals surface area contributed by atoms with Gasteiger partial charge in [-0.2, -0.15) is 0 Å². The zero-order valence-corrected chi connectivity index (χ0v) is 13.2. The van der Waals surface area contributed by atoms with Crippen molar-refractivity contribution in [2.24, 2.45) is 0 Å². The van der Waals surface area contributed by atoms with Gasteiger partial charge in [-0.1, -0.05) is 18.2 Å². The number of benzene rings is 2. The minimum Gasteiger partial charge on any atom is -0.425 e. The Kier molecular flexibility index (Phi) is 4.82. The molecule has 2 rings (SSSR count). The maximum atomic E-state index is 11.8. The molecule has 0 aliphatic carbocycles. The molecule has 2 aromatic carbocycles. The number of para-hydroxylation sites is 1. The lowest BCUT2D eigenvalue weighted by Crippen LogP contribution is -2.19. The fourth-order valence-corrected chi connectivity index (χ4v) is 2.56. The van der Waals surface area contributed by atoms with Gasteiger partial charge in [-0.15, -0.1) is 0 Å². The van der Waals surface area contributed by atoms with Crippen LogP contribution in [0.15, 0.2) is 53.4 Å². The maximum absolute atomic E-state index is 11.8. The number of esters is 1. The van der Waals surface area contributed by atoms with Gasteiger partial charge in [0.15, 0.2) is 9.84 Å². The van der Waals surface area contributed by atoms with Crippen molar-refractivity contribution < 1.29 is 17.9 Å². The summed E-state index contributed by atoms with van der Waals surface area (Å²) in [5, 5.41) is 2.95. The third kappa shape index (κ3) is 4.33. The van der Waals surface area contributed by atoms with Gasteiger partial charge in [0, 0.05) is 11.9 Å². The Labute approximate surface area is 129 Å². The van der Waals surface area contributed by atoms with E-state index in [1.165, 1.54) is 18.2 Å². The Morgan fingerprint density at radius 3 is 2.41 bits per heavy atom. The number of nitrogens with one attached hydrogen (secondary N) is 1. The molecule has 6 heteroatoms. The average Bonchev–Trinajstić information content (AvgIpc) is 2.47. The van der Waals surface area contributed by atoms with Crippen molar-refractivity contribution in [2.45, 2.75) is 11.8 Å². The molecular formula is C16H17NO4S. The topological polar surface area (TPSA) is 72.5 Å². The van der Waals surface area contributed by atoms with E-state index in [0.29, 0.717) is 11.3 Å². The number of aryl methyl sites for hydroxylation is 1. The molecule has 0 saturated heterocycles. The highest BCUT2D eigenvalue weighted by atomic mass is 32.2. The van der Waals surface area contributed by atoms with E-state index in [-0.39, 0.29) is 11.4 Å². The summed E-state index contributed by atoms with van der Waals surface area (Å²) < 4.78 is 28.2. The van der Waals surface area contributed by atoms with Crippen LogP contribution >= 0.6 is 0 Å². The zero-order valence-electron chi connectivity index (χ0n) is 12.4. The van der Waals surface area contributed by atoms with Gasteiger partial charge in [-0.25, -0.2) is 13.2 Å². The molecule has 1 N–H and O–H groups in total. The van der Waals surface area contributed by atoms with E-state index in [9.17, 15) is 13.2 Å². The highest BCUT2D eigenvalue weighted by Gasteiger charge is 2.12. The van der Waals surface area contributed by atoms with Crippen LogP contribution in [0.2, 0.25) is 0 Å². The van der Waals surface area contributed by atoms with Gasteiger partial charge in [-0.05, 0) is 42.8 Å². The summed E-state index contributed by atoms with van der Waals surface area (Å²) >= 11 is 0. The van der Waals surface area contributed by atoms with Crippen molar-refractivity contribution in [3.63, 3.8) is 0 Å². The minimum atomic E-state index is -3.27. The third-order valence-electron chi connectivity index (χ3n) is 3.01. The van der Waals surface area contributed by atoms with Crippen LogP contribution in [0.3, 0.4) is 0 Å². The van der Waals surface area contributed by atoms with Gasteiger partial charge in [-0.3, -0.25) is 0 Å². The van der Waals surface area contributed by atoms with Gasteiger partial charge < -0.3 is 10.1 Å². The highest BCUT2D eigenvalue weighted by molar-refractivity contribution is 7.90. The summed E-state index contributed by atoms with van der Waals surface area (Å²) in [6.07, 6.45) is 1.14. The number of rotatable bonds is 5. The molecule has 0 bridgehead atoms. The van der Waals surface area contributed by atoms with Crippen molar-refractivity contribution in [1.82, 2.24) is 0 Å². The number of carbonyl (C=O) groups is 1. The molecule has 22 heavy (non-hydrogen) atoms. The molecule has 2 aromatic rings. The molecule has 0 aliphatic rings. The molecule has 0 fully saturated rings. The molecule has 0 aliphatic heterocycles. The van der Waals surface area contributed by atoms with Crippen LogP contribution in [0, 0.1) is 6.92 Å². The Balaban J connectivity index is 2.00. The predicted molar refractivity (Wildman–Crippen MR) is 84.9 cm³/mol. The molecule has 0 aromatic heterocycles. The van der Waals surface area contributed by atoms with E-state index in [1.807, 2.05) is 30.3 Å². The number of anilines is 1. The van der Waals surface area contributed by atoms with Crippen LogP contribution in [-0.4, -0.2) is 27.2 Å². The third-order valence-corrected chi connectivity index (χ3v) is 4.12. The molecule has 0 spiro atoms. The van der Waals surface area contributed by atoms with Gasteiger partial charge in [0.2, 0.25) is 0 Å². The normalized spacial score (nSPS) is 11.0. The summed E-state index contributed by atoms with van der Waals surface area (Å²) in [7, 11) is -3.27. The summed E-state index contributed by atoms with van der Waals surface area (Å²) in [6.45, 7) is 1.72. The summed E-state index contributed by atoms with van der Waals surface area (Å²) in [4.78, 5) is 12.0. The molecule has 0 atom stereocenters. The van der Waals surface area contributed by atoms with E-state index in [2.05, 4.69) is 5.32 Å². The van der Waals surface area contributed by atoms with Gasteiger partial charge in [0.25, 0.3) is 0 Å². The number of hydrogen-bond donors (Lipinski definition) is 1. The van der Waals surface area contributed by atoms with Crippen molar-refractivity contribution in [1.29, 1.82) is 0 Å². The monoisotopic (exact) mass is 319 g/mol. The molecule has 0 amide bonds. The molecule has 0 unspecified atom stereocenters. The summed E-state index contributed by atoms with van der Waals surface area (Å²) in [5.74, 6) is -0.0914. The zero-order chi connectivity index (χ0) is 16.2. The summed E-state index contributed by atoms with van der Waals surface area (Å²) in [6, 6.07) is 13.7. The fourth-order valence-electron chi connectivity index (χ4n) is 1.86. The lowest BCUT2D eigenvalue weighted by atomic mass is 10.2. The number of sulfone groups is 1. The first-order valence-corrected chi connectivity index (χ1v) is 8.56. The Bertz CT molecular complexity index is 770. The van der Waals surface area contributed by atoms with Crippen molar-refractivity contribution in [3.05, 3.63) is 54.1 Å². The van der Waals surface area contributed by atoms with Crippen LogP contribution < -0.4 is 10.1 Å². The first-order valence-electron chi connectivity index (χ1n) is 6.66. The number of hydrogen-bond acceptors (Lipinski definition) is 5. The summed E-state index contributed by atoms with van der Waals surface area (Å²) in [5.41, 5.74) is 1.42. The predicted octanol–water partition coefficient (Wildman–Crippen LogP) is 2.42. The van der Waals surface area contributed by atoms with Crippen molar-refractivity contribution in [3.8, 4) is 5.75 Å². The van der Waals surface area contributed by atoms with E-state index < -0.39 is 15.8 Å². The largest absolute Gasteiger partial charge is 0.425 e. The second-order valence-electron chi connectivity index (χ2n) is 4.89. The van der Waals surface area contributed by atoms with Crippen LogP contribution in [0.4, 0.5) is 5.69 Å². The second-order valence-corrected chi connectivity index (χ2v) is 6.91. The molecule has 0 radical (unpaired) electrons. The first-order chi connectivity index (χ1) is 10.4. The molecular weight excluding hydrogens is 302 g/mol. The quantitative estimate of drug-likeness (QED) is 0.677. The number of ether oxygens (including phenoxy) is 1. The van der Waals surface area contributed by atoms with Gasteiger partial charge in [0.05, 0.1) is 4.90 Å². The SMILES string of the molecule is Cc1cc(S(C)(=O)=O)ccc1OC(=O)CNc1ccccc1. The van der Waals surface area contributed by atoms with E-state index in [4.69, 9.17) is 4.74 Å². The lowest BCUT2D eigenvalue weighted by Gasteiger charge is -2.10. The fraction of sp³-hybridized carbons (Fsp3) is 0.188. The van der Waals surface area contributed by atoms with Crippen LogP contribution in [0.25, 0.3) is 0 Å². The minimum absolute atomic E-state index is 0.0251. The Hall–Kier alpha value is -2.34. The molecule has 0 saturated carbocycles. The number of carbonyl (C=O) groups excluding carboxylic acids is 1. The van der Waals surface area contributed by atoms with Crippen molar-refractivity contribution >= 4 is 21.5 Å². The Morgan fingerprint density at radius 2 is 1.82 bits per heavy atom. The second kappa shape index (κ2) is 6.62. The molecule has 5 nitrogen and oxygen atoms in total. The molecule has 0 heterocycles. The van der Waals surface area contributed by atoms with Gasteiger partial charge in [0.1, 0.15) is 12.3 Å². The van der Waals surface area contributed by atoms with Crippen LogP contribution in [0.1, 0.15) is 5.56 Å². The first kappa shape index (κ1) is 16.0. The standard InChI is InChI=1S/C16H17NO4S/c1-12-10-14(22(2,19)20)8-9-15(12)21-16(18)11-17-13-6-4-3-5-7-13/h3-10,17H,11H2,1-2H3. The van der Waals surface area contributed by atoms with Gasteiger partial charge >= 0.3 is 5.97 Å². The maximum Gasteiger partial charge on any atom is 0.330 e. The van der Waals surface area contributed by atoms with E-state index >= 15 is 0 Å². The van der Waals surface area contributed by atoms with Crippen LogP contribution in [-0.2, 0) is 14.6 Å².